The van der Waals surface area contributed by atoms with Crippen molar-refractivity contribution >= 4 is 18.7 Å². The number of benzene rings is 1. The van der Waals surface area contributed by atoms with E-state index in [2.05, 4.69) is 4.74 Å². The molecular weight excluding hydrogens is 212 g/mol. The van der Waals surface area contributed by atoms with Crippen LogP contribution in [-0.4, -0.2) is 30.4 Å². The van der Waals surface area contributed by atoms with Crippen LogP contribution in [0.1, 0.15) is 26.3 Å². The van der Waals surface area contributed by atoms with Gasteiger partial charge in [-0.3, -0.25) is 9.59 Å². The van der Waals surface area contributed by atoms with Gasteiger partial charge in [0.25, 0.3) is 6.47 Å². The van der Waals surface area contributed by atoms with Gasteiger partial charge in [0.1, 0.15) is 0 Å². The Kier molecular flexibility index (Phi) is 4.20. The summed E-state index contributed by atoms with van der Waals surface area (Å²) in [7, 11) is 0. The highest BCUT2D eigenvalue weighted by Gasteiger charge is 2.09. The minimum Gasteiger partial charge on any atom is -0.478 e. The van der Waals surface area contributed by atoms with Crippen LogP contribution >= 0.6 is 0 Å². The second-order valence-electron chi connectivity index (χ2n) is 3.06. The van der Waals surface area contributed by atoms with Crippen molar-refractivity contribution in [2.45, 2.75) is 6.42 Å². The van der Waals surface area contributed by atoms with E-state index in [1.165, 1.54) is 12.1 Å². The molecule has 0 unspecified atom stereocenters. The second kappa shape index (κ2) is 5.65. The third-order valence-corrected chi connectivity index (χ3v) is 2.05. The van der Waals surface area contributed by atoms with Crippen LogP contribution in [0.2, 0.25) is 0 Å². The van der Waals surface area contributed by atoms with E-state index < -0.39 is 5.97 Å². The Bertz CT molecular complexity index is 411. The van der Waals surface area contributed by atoms with E-state index in [9.17, 15) is 14.4 Å². The summed E-state index contributed by atoms with van der Waals surface area (Å²) in [5.41, 5.74) is 0.833. The third kappa shape index (κ3) is 2.91. The normalized spacial score (nSPS) is 9.50. The van der Waals surface area contributed by atoms with Gasteiger partial charge in [0.15, 0.2) is 6.29 Å². The van der Waals surface area contributed by atoms with Gasteiger partial charge in [-0.05, 0) is 17.7 Å². The monoisotopic (exact) mass is 222 g/mol. The molecule has 0 aliphatic carbocycles. The smallest absolute Gasteiger partial charge is 0.336 e. The summed E-state index contributed by atoms with van der Waals surface area (Å²) in [6, 6.07) is 4.43. The van der Waals surface area contributed by atoms with Crippen LogP contribution in [0.5, 0.6) is 0 Å². The molecule has 0 spiro atoms. The molecule has 0 fully saturated rings. The van der Waals surface area contributed by atoms with Crippen LogP contribution < -0.4 is 0 Å². The number of aldehydes is 1. The van der Waals surface area contributed by atoms with Crippen molar-refractivity contribution in [2.75, 3.05) is 6.61 Å². The molecule has 0 radical (unpaired) electrons. The number of ether oxygens (including phenoxy) is 1. The molecule has 1 aromatic carbocycles. The van der Waals surface area contributed by atoms with E-state index in [-0.39, 0.29) is 17.7 Å². The zero-order chi connectivity index (χ0) is 12.0. The molecule has 0 saturated heterocycles. The number of carbonyl (C=O) groups excluding carboxylic acids is 2. The maximum Gasteiger partial charge on any atom is 0.336 e. The van der Waals surface area contributed by atoms with Crippen LogP contribution in [0.4, 0.5) is 0 Å². The van der Waals surface area contributed by atoms with Gasteiger partial charge in [-0.15, -0.1) is 0 Å². The largest absolute Gasteiger partial charge is 0.478 e. The SMILES string of the molecule is O=COCCc1ccc(C(=O)O)c(C=O)c1. The number of carbonyl (C=O) groups is 3. The fourth-order valence-electron chi connectivity index (χ4n) is 1.28. The number of carboxylic acids is 1. The van der Waals surface area contributed by atoms with Gasteiger partial charge in [-0.1, -0.05) is 6.07 Å². The summed E-state index contributed by atoms with van der Waals surface area (Å²) >= 11 is 0. The molecule has 0 heterocycles. The van der Waals surface area contributed by atoms with Gasteiger partial charge < -0.3 is 9.84 Å². The maximum absolute atomic E-state index is 10.7. The minimum atomic E-state index is -1.14. The fraction of sp³-hybridized carbons (Fsp3) is 0.182. The van der Waals surface area contributed by atoms with E-state index in [1.807, 2.05) is 0 Å². The molecular formula is C11H10O5. The average molecular weight is 222 g/mol. The Morgan fingerprint density at radius 1 is 1.38 bits per heavy atom. The second-order valence-corrected chi connectivity index (χ2v) is 3.06. The van der Waals surface area contributed by atoms with E-state index in [4.69, 9.17) is 5.11 Å². The highest BCUT2D eigenvalue weighted by atomic mass is 16.5. The number of rotatable bonds is 6. The van der Waals surface area contributed by atoms with Crippen LogP contribution in [0, 0.1) is 0 Å². The Morgan fingerprint density at radius 3 is 2.69 bits per heavy atom. The first-order chi connectivity index (χ1) is 7.69. The molecule has 84 valence electrons. The molecule has 0 aromatic heterocycles. The molecule has 5 heteroatoms. The van der Waals surface area contributed by atoms with Crippen molar-refractivity contribution in [1.29, 1.82) is 0 Å². The minimum absolute atomic E-state index is 0.0324. The lowest BCUT2D eigenvalue weighted by Gasteiger charge is -2.04. The quantitative estimate of drug-likeness (QED) is 0.571. The van der Waals surface area contributed by atoms with Gasteiger partial charge in [-0.25, -0.2) is 4.79 Å². The molecule has 1 N–H and O–H groups in total. The van der Waals surface area contributed by atoms with E-state index in [1.54, 1.807) is 6.07 Å². The van der Waals surface area contributed by atoms with Gasteiger partial charge in [0.2, 0.25) is 0 Å². The molecule has 0 atom stereocenters. The highest BCUT2D eigenvalue weighted by Crippen LogP contribution is 2.11. The third-order valence-electron chi connectivity index (χ3n) is 2.05. The molecule has 16 heavy (non-hydrogen) atoms. The molecule has 1 rings (SSSR count). The van der Waals surface area contributed by atoms with Crippen molar-refractivity contribution < 1.29 is 24.2 Å². The number of hydrogen-bond donors (Lipinski definition) is 1. The van der Waals surface area contributed by atoms with Crippen LogP contribution in [0.25, 0.3) is 0 Å². The summed E-state index contributed by atoms with van der Waals surface area (Å²) < 4.78 is 4.50. The first kappa shape index (κ1) is 11.9. The molecule has 5 nitrogen and oxygen atoms in total. The van der Waals surface area contributed by atoms with Gasteiger partial charge in [-0.2, -0.15) is 0 Å². The van der Waals surface area contributed by atoms with E-state index >= 15 is 0 Å². The van der Waals surface area contributed by atoms with Crippen molar-refractivity contribution in [3.05, 3.63) is 34.9 Å². The first-order valence-corrected chi connectivity index (χ1v) is 4.55. The Hall–Kier alpha value is -2.17. The van der Waals surface area contributed by atoms with Gasteiger partial charge in [0.05, 0.1) is 12.2 Å². The lowest BCUT2D eigenvalue weighted by atomic mass is 10.0. The Balaban J connectivity index is 2.86. The van der Waals surface area contributed by atoms with E-state index in [0.29, 0.717) is 19.2 Å². The van der Waals surface area contributed by atoms with Crippen LogP contribution in [-0.2, 0) is 16.0 Å². The summed E-state index contributed by atoms with van der Waals surface area (Å²) in [6.45, 7) is 0.542. The van der Waals surface area contributed by atoms with Gasteiger partial charge >= 0.3 is 5.97 Å². The number of aromatic carboxylic acids is 1. The Morgan fingerprint density at radius 2 is 2.12 bits per heavy atom. The summed E-state index contributed by atoms with van der Waals surface area (Å²) in [4.78, 5) is 31.3. The van der Waals surface area contributed by atoms with Crippen molar-refractivity contribution in [1.82, 2.24) is 0 Å². The molecule has 0 saturated carbocycles. The van der Waals surface area contributed by atoms with Crippen molar-refractivity contribution in [2.24, 2.45) is 0 Å². The van der Waals surface area contributed by atoms with Crippen LogP contribution in [0.15, 0.2) is 18.2 Å². The van der Waals surface area contributed by atoms with Crippen LogP contribution in [0.3, 0.4) is 0 Å². The fourth-order valence-corrected chi connectivity index (χ4v) is 1.28. The summed E-state index contributed by atoms with van der Waals surface area (Å²) in [5.74, 6) is -1.14. The molecule has 0 amide bonds. The lowest BCUT2D eigenvalue weighted by Crippen LogP contribution is -2.04. The highest BCUT2D eigenvalue weighted by molar-refractivity contribution is 5.97. The average Bonchev–Trinajstić information content (AvgIpc) is 2.29. The number of carboxylic acid groups (broad SMARTS) is 1. The predicted molar refractivity (Wildman–Crippen MR) is 54.5 cm³/mol. The van der Waals surface area contributed by atoms with E-state index in [0.717, 1.165) is 5.56 Å². The molecule has 0 aliphatic heterocycles. The van der Waals surface area contributed by atoms with Gasteiger partial charge in [0, 0.05) is 12.0 Å². The van der Waals surface area contributed by atoms with Crippen molar-refractivity contribution in [3.8, 4) is 0 Å². The zero-order valence-corrected chi connectivity index (χ0v) is 8.38. The Labute approximate surface area is 91.6 Å². The van der Waals surface area contributed by atoms with Crippen molar-refractivity contribution in [3.63, 3.8) is 0 Å². The zero-order valence-electron chi connectivity index (χ0n) is 8.38. The first-order valence-electron chi connectivity index (χ1n) is 4.55. The maximum atomic E-state index is 10.7. The molecule has 0 aliphatic rings. The topological polar surface area (TPSA) is 80.7 Å². The molecule has 1 aromatic rings. The number of hydrogen-bond acceptors (Lipinski definition) is 4. The lowest BCUT2D eigenvalue weighted by molar-refractivity contribution is -0.128. The summed E-state index contributed by atoms with van der Waals surface area (Å²) in [5, 5.41) is 8.77. The standard InChI is InChI=1S/C11H10O5/c12-6-9-5-8(3-4-16-7-13)1-2-10(9)11(14)15/h1-2,5-7H,3-4H2,(H,14,15). The summed E-state index contributed by atoms with van der Waals surface area (Å²) in [6.07, 6.45) is 0.938. The predicted octanol–water partition coefficient (Wildman–Crippen LogP) is 0.913. The molecule has 0 bridgehead atoms.